The van der Waals surface area contributed by atoms with Gasteiger partial charge in [-0.15, -0.1) is 0 Å². The SMILES string of the molecule is Cc1ncc(C=NCc2cnc(C)nc2N)c(N)n1. The molecule has 0 aromatic carbocycles. The van der Waals surface area contributed by atoms with Gasteiger partial charge >= 0.3 is 0 Å². The summed E-state index contributed by atoms with van der Waals surface area (Å²) >= 11 is 0. The number of aliphatic imine (C=N–C) groups is 1. The molecule has 7 nitrogen and oxygen atoms in total. The van der Waals surface area contributed by atoms with E-state index in [0.717, 1.165) is 5.56 Å². The van der Waals surface area contributed by atoms with E-state index < -0.39 is 0 Å². The Morgan fingerprint density at radius 3 is 2.32 bits per heavy atom. The fraction of sp³-hybridized carbons (Fsp3) is 0.250. The molecule has 0 radical (unpaired) electrons. The summed E-state index contributed by atoms with van der Waals surface area (Å²) in [5.41, 5.74) is 13.0. The predicted molar refractivity (Wildman–Crippen MR) is 73.7 cm³/mol. The lowest BCUT2D eigenvalue weighted by atomic mass is 10.3. The van der Waals surface area contributed by atoms with Gasteiger partial charge in [0.05, 0.1) is 12.1 Å². The number of nitrogens with two attached hydrogens (primary N) is 2. The fourth-order valence-electron chi connectivity index (χ4n) is 1.47. The van der Waals surface area contributed by atoms with Crippen LogP contribution in [0.25, 0.3) is 0 Å². The maximum absolute atomic E-state index is 5.78. The number of nitrogen functional groups attached to an aromatic ring is 2. The van der Waals surface area contributed by atoms with Gasteiger partial charge in [0.2, 0.25) is 0 Å². The third-order valence-corrected chi connectivity index (χ3v) is 2.48. The lowest BCUT2D eigenvalue weighted by molar-refractivity contribution is 0.980. The normalized spacial score (nSPS) is 11.1. The van der Waals surface area contributed by atoms with Crippen LogP contribution in [0.1, 0.15) is 22.8 Å². The van der Waals surface area contributed by atoms with Crippen LogP contribution in [0.15, 0.2) is 17.4 Å². The number of hydrogen-bond acceptors (Lipinski definition) is 7. The molecule has 0 saturated heterocycles. The first-order valence-corrected chi connectivity index (χ1v) is 5.73. The number of aromatic nitrogens is 4. The van der Waals surface area contributed by atoms with Crippen molar-refractivity contribution in [3.63, 3.8) is 0 Å². The average Bonchev–Trinajstić information content (AvgIpc) is 2.34. The van der Waals surface area contributed by atoms with E-state index in [1.54, 1.807) is 32.5 Å². The Balaban J connectivity index is 2.11. The molecule has 0 aliphatic heterocycles. The van der Waals surface area contributed by atoms with E-state index in [0.29, 0.717) is 35.4 Å². The van der Waals surface area contributed by atoms with Gasteiger partial charge in [-0.2, -0.15) is 0 Å². The maximum atomic E-state index is 5.78. The second kappa shape index (κ2) is 5.38. The summed E-state index contributed by atoms with van der Waals surface area (Å²) in [6.07, 6.45) is 4.92. The van der Waals surface area contributed by atoms with Gasteiger partial charge in [-0.3, -0.25) is 4.99 Å². The third kappa shape index (κ3) is 3.21. The summed E-state index contributed by atoms with van der Waals surface area (Å²) in [5, 5.41) is 0. The molecule has 0 spiro atoms. The van der Waals surface area contributed by atoms with Crippen molar-refractivity contribution >= 4 is 17.9 Å². The van der Waals surface area contributed by atoms with Crippen molar-refractivity contribution in [1.82, 2.24) is 19.9 Å². The molecule has 0 aliphatic rings. The highest BCUT2D eigenvalue weighted by molar-refractivity contribution is 5.84. The second-order valence-electron chi connectivity index (χ2n) is 4.06. The van der Waals surface area contributed by atoms with Crippen LogP contribution in [0.5, 0.6) is 0 Å². The highest BCUT2D eigenvalue weighted by Crippen LogP contribution is 2.09. The van der Waals surface area contributed by atoms with Gasteiger partial charge < -0.3 is 11.5 Å². The first-order chi connectivity index (χ1) is 9.06. The average molecular weight is 257 g/mol. The largest absolute Gasteiger partial charge is 0.383 e. The molecule has 19 heavy (non-hydrogen) atoms. The molecule has 0 aliphatic carbocycles. The van der Waals surface area contributed by atoms with Crippen LogP contribution in [0.4, 0.5) is 11.6 Å². The molecule has 2 aromatic heterocycles. The van der Waals surface area contributed by atoms with Crippen molar-refractivity contribution in [3.8, 4) is 0 Å². The van der Waals surface area contributed by atoms with Gasteiger partial charge in [-0.1, -0.05) is 0 Å². The number of aryl methyl sites for hydroxylation is 2. The maximum Gasteiger partial charge on any atom is 0.135 e. The number of anilines is 2. The molecule has 0 bridgehead atoms. The molecule has 0 saturated carbocycles. The molecule has 98 valence electrons. The summed E-state index contributed by atoms with van der Waals surface area (Å²) in [7, 11) is 0. The van der Waals surface area contributed by atoms with Crippen LogP contribution in [-0.2, 0) is 6.54 Å². The Hall–Kier alpha value is -2.57. The minimum atomic E-state index is 0.388. The Morgan fingerprint density at radius 2 is 1.68 bits per heavy atom. The van der Waals surface area contributed by atoms with Crippen molar-refractivity contribution in [2.24, 2.45) is 4.99 Å². The molecule has 0 atom stereocenters. The van der Waals surface area contributed by atoms with Crippen molar-refractivity contribution in [3.05, 3.63) is 35.2 Å². The van der Waals surface area contributed by atoms with Crippen LogP contribution < -0.4 is 11.5 Å². The Kier molecular flexibility index (Phi) is 3.65. The minimum Gasteiger partial charge on any atom is -0.383 e. The third-order valence-electron chi connectivity index (χ3n) is 2.48. The highest BCUT2D eigenvalue weighted by atomic mass is 15.0. The highest BCUT2D eigenvalue weighted by Gasteiger charge is 2.01. The minimum absolute atomic E-state index is 0.388. The topological polar surface area (TPSA) is 116 Å². The van der Waals surface area contributed by atoms with Crippen molar-refractivity contribution < 1.29 is 0 Å². The van der Waals surface area contributed by atoms with Gasteiger partial charge in [-0.05, 0) is 13.8 Å². The summed E-state index contributed by atoms with van der Waals surface area (Å²) < 4.78 is 0. The zero-order valence-corrected chi connectivity index (χ0v) is 10.8. The summed E-state index contributed by atoms with van der Waals surface area (Å²) in [6.45, 7) is 3.95. The summed E-state index contributed by atoms with van der Waals surface area (Å²) in [5.74, 6) is 2.12. The predicted octanol–water partition coefficient (Wildman–Crippen LogP) is 0.667. The van der Waals surface area contributed by atoms with E-state index in [1.807, 2.05) is 0 Å². The molecule has 2 aromatic rings. The molecule has 2 heterocycles. The Labute approximate surface area is 110 Å². The molecule has 7 heteroatoms. The number of nitrogens with zero attached hydrogens (tertiary/aromatic N) is 5. The number of hydrogen-bond donors (Lipinski definition) is 2. The van der Waals surface area contributed by atoms with Crippen LogP contribution >= 0.6 is 0 Å². The van der Waals surface area contributed by atoms with Crippen molar-refractivity contribution in [1.29, 1.82) is 0 Å². The first-order valence-electron chi connectivity index (χ1n) is 5.73. The van der Waals surface area contributed by atoms with Crippen LogP contribution in [0, 0.1) is 13.8 Å². The van der Waals surface area contributed by atoms with Crippen LogP contribution in [-0.4, -0.2) is 26.2 Å². The van der Waals surface area contributed by atoms with E-state index in [-0.39, 0.29) is 0 Å². The first kappa shape index (κ1) is 12.9. The summed E-state index contributed by atoms with van der Waals surface area (Å²) in [4.78, 5) is 20.5. The second-order valence-corrected chi connectivity index (χ2v) is 4.06. The number of rotatable bonds is 3. The van der Waals surface area contributed by atoms with Crippen LogP contribution in [0.2, 0.25) is 0 Å². The molecule has 0 fully saturated rings. The summed E-state index contributed by atoms with van der Waals surface area (Å²) in [6, 6.07) is 0. The van der Waals surface area contributed by atoms with E-state index in [9.17, 15) is 0 Å². The van der Waals surface area contributed by atoms with Crippen LogP contribution in [0.3, 0.4) is 0 Å². The van der Waals surface area contributed by atoms with Crippen molar-refractivity contribution in [2.45, 2.75) is 20.4 Å². The molecular formula is C12H15N7. The van der Waals surface area contributed by atoms with E-state index in [2.05, 4.69) is 24.9 Å². The smallest absolute Gasteiger partial charge is 0.135 e. The standard InChI is InChI=1S/C12H15N7/c1-7-16-5-9(11(13)18-7)3-15-4-10-6-17-8(2)19-12(10)14/h3,5-6H,4H2,1-2H3,(H2,13,16,18)(H2,14,17,19). The zero-order valence-electron chi connectivity index (χ0n) is 10.8. The van der Waals surface area contributed by atoms with Gasteiger partial charge in [0, 0.05) is 24.2 Å². The molecular weight excluding hydrogens is 242 g/mol. The van der Waals surface area contributed by atoms with Crippen molar-refractivity contribution in [2.75, 3.05) is 11.5 Å². The van der Waals surface area contributed by atoms with Gasteiger partial charge in [0.1, 0.15) is 23.3 Å². The lowest BCUT2D eigenvalue weighted by Gasteiger charge is -2.02. The van der Waals surface area contributed by atoms with E-state index in [1.165, 1.54) is 0 Å². The molecule has 0 amide bonds. The quantitative estimate of drug-likeness (QED) is 0.780. The van der Waals surface area contributed by atoms with E-state index >= 15 is 0 Å². The zero-order chi connectivity index (χ0) is 13.8. The molecule has 0 unspecified atom stereocenters. The molecule has 4 N–H and O–H groups in total. The van der Waals surface area contributed by atoms with Gasteiger partial charge in [-0.25, -0.2) is 19.9 Å². The van der Waals surface area contributed by atoms with E-state index in [4.69, 9.17) is 11.5 Å². The Morgan fingerprint density at radius 1 is 1.05 bits per heavy atom. The fourth-order valence-corrected chi connectivity index (χ4v) is 1.47. The van der Waals surface area contributed by atoms with Gasteiger partial charge in [0.15, 0.2) is 0 Å². The van der Waals surface area contributed by atoms with Gasteiger partial charge in [0.25, 0.3) is 0 Å². The molecule has 2 rings (SSSR count). The Bertz CT molecular complexity index is 621. The monoisotopic (exact) mass is 257 g/mol. The lowest BCUT2D eigenvalue weighted by Crippen LogP contribution is -2.02.